The summed E-state index contributed by atoms with van der Waals surface area (Å²) in [7, 11) is -3.84. The van der Waals surface area contributed by atoms with Gasteiger partial charge in [-0.2, -0.15) is 0 Å². The molecule has 0 aliphatic heterocycles. The van der Waals surface area contributed by atoms with Crippen LogP contribution in [0.5, 0.6) is 0 Å². The first-order valence-electron chi connectivity index (χ1n) is 6.65. The number of rotatable bonds is 7. The van der Waals surface area contributed by atoms with Crippen LogP contribution in [-0.2, 0) is 10.0 Å². The Morgan fingerprint density at radius 3 is 2.48 bits per heavy atom. The van der Waals surface area contributed by atoms with Gasteiger partial charge >= 0.3 is 0 Å². The summed E-state index contributed by atoms with van der Waals surface area (Å²) in [5.41, 5.74) is 5.49. The van der Waals surface area contributed by atoms with E-state index in [4.69, 9.17) is 5.73 Å². The molecule has 3 N–H and O–H groups in total. The Morgan fingerprint density at radius 2 is 2.00 bits per heavy atom. The van der Waals surface area contributed by atoms with Gasteiger partial charge in [-0.25, -0.2) is 13.1 Å². The fourth-order valence-electron chi connectivity index (χ4n) is 2.14. The molecule has 118 valence electrons. The van der Waals surface area contributed by atoms with E-state index in [0.717, 1.165) is 0 Å². The first-order valence-corrected chi connectivity index (χ1v) is 8.13. The number of sulfonamides is 1. The van der Waals surface area contributed by atoms with Crippen molar-refractivity contribution in [3.05, 3.63) is 33.9 Å². The van der Waals surface area contributed by atoms with E-state index < -0.39 is 21.0 Å². The van der Waals surface area contributed by atoms with E-state index >= 15 is 0 Å². The van der Waals surface area contributed by atoms with Gasteiger partial charge < -0.3 is 5.73 Å². The maximum absolute atomic E-state index is 12.4. The Kier molecular flexibility index (Phi) is 5.82. The zero-order chi connectivity index (χ0) is 16.2. The molecule has 21 heavy (non-hydrogen) atoms. The van der Waals surface area contributed by atoms with Crippen LogP contribution in [0.2, 0.25) is 0 Å². The highest BCUT2D eigenvalue weighted by molar-refractivity contribution is 7.89. The second-order valence-corrected chi connectivity index (χ2v) is 7.02. The third kappa shape index (κ3) is 4.48. The lowest BCUT2D eigenvalue weighted by molar-refractivity contribution is -0.385. The predicted molar refractivity (Wildman–Crippen MR) is 80.5 cm³/mol. The van der Waals surface area contributed by atoms with Gasteiger partial charge in [-0.3, -0.25) is 10.1 Å². The Balaban J connectivity index is 3.14. The zero-order valence-corrected chi connectivity index (χ0v) is 13.2. The summed E-state index contributed by atoms with van der Waals surface area (Å²) in [6, 6.07) is 3.60. The molecule has 7 nitrogen and oxygen atoms in total. The second-order valence-electron chi connectivity index (χ2n) is 5.34. The molecule has 0 saturated carbocycles. The number of hydrogen-bond acceptors (Lipinski definition) is 5. The van der Waals surface area contributed by atoms with Crippen molar-refractivity contribution in [3.8, 4) is 0 Å². The molecule has 1 rings (SSSR count). The molecule has 0 fully saturated rings. The van der Waals surface area contributed by atoms with Crippen LogP contribution in [0.1, 0.15) is 25.8 Å². The van der Waals surface area contributed by atoms with Crippen LogP contribution < -0.4 is 10.5 Å². The SMILES string of the molecule is Cc1c([N+](=O)[O-])cccc1S(=O)(=O)NC(CN)CC(C)C. The number of benzene rings is 1. The van der Waals surface area contributed by atoms with Crippen molar-refractivity contribution >= 4 is 15.7 Å². The summed E-state index contributed by atoms with van der Waals surface area (Å²) in [5, 5.41) is 10.9. The summed E-state index contributed by atoms with van der Waals surface area (Å²) >= 11 is 0. The number of nitro benzene ring substituents is 1. The van der Waals surface area contributed by atoms with E-state index in [0.29, 0.717) is 6.42 Å². The third-order valence-electron chi connectivity index (χ3n) is 3.10. The van der Waals surface area contributed by atoms with Gasteiger partial charge in [0.25, 0.3) is 5.69 Å². The molecule has 8 heteroatoms. The van der Waals surface area contributed by atoms with Crippen LogP contribution >= 0.6 is 0 Å². The van der Waals surface area contributed by atoms with Gasteiger partial charge in [-0.15, -0.1) is 0 Å². The molecule has 0 spiro atoms. The second kappa shape index (κ2) is 6.97. The minimum absolute atomic E-state index is 0.0843. The van der Waals surface area contributed by atoms with Crippen LogP contribution in [0.25, 0.3) is 0 Å². The van der Waals surface area contributed by atoms with Gasteiger partial charge in [0, 0.05) is 24.2 Å². The van der Waals surface area contributed by atoms with Gasteiger partial charge in [0.2, 0.25) is 10.0 Å². The fourth-order valence-corrected chi connectivity index (χ4v) is 3.66. The molecule has 0 bridgehead atoms. The molecule has 0 aromatic heterocycles. The Hall–Kier alpha value is -1.51. The van der Waals surface area contributed by atoms with E-state index in [1.165, 1.54) is 25.1 Å². The predicted octanol–water partition coefficient (Wildman–Crippen LogP) is 1.55. The van der Waals surface area contributed by atoms with E-state index in [1.54, 1.807) is 0 Å². The zero-order valence-electron chi connectivity index (χ0n) is 12.4. The standard InChI is InChI=1S/C13H21N3O4S/c1-9(2)7-11(8-14)15-21(19,20)13-6-4-5-12(10(13)3)16(17)18/h4-6,9,11,15H,7-8,14H2,1-3H3. The van der Waals surface area contributed by atoms with Crippen LogP contribution in [-0.4, -0.2) is 25.9 Å². The number of nitrogens with zero attached hydrogens (tertiary/aromatic N) is 1. The summed E-state index contributed by atoms with van der Waals surface area (Å²) in [6.45, 7) is 5.53. The molecule has 0 aliphatic rings. The van der Waals surface area contributed by atoms with Crippen LogP contribution in [0.15, 0.2) is 23.1 Å². The monoisotopic (exact) mass is 315 g/mol. The molecule has 1 unspecified atom stereocenters. The Labute approximate surface area is 124 Å². The maximum Gasteiger partial charge on any atom is 0.273 e. The molecule has 1 atom stereocenters. The minimum Gasteiger partial charge on any atom is -0.329 e. The number of hydrogen-bond donors (Lipinski definition) is 2. The topological polar surface area (TPSA) is 115 Å². The van der Waals surface area contributed by atoms with Gasteiger partial charge in [0.1, 0.15) is 0 Å². The van der Waals surface area contributed by atoms with Crippen molar-refractivity contribution in [1.29, 1.82) is 0 Å². The molecule has 0 aliphatic carbocycles. The lowest BCUT2D eigenvalue weighted by Crippen LogP contribution is -2.41. The van der Waals surface area contributed by atoms with Crippen molar-refractivity contribution in [2.24, 2.45) is 11.7 Å². The van der Waals surface area contributed by atoms with E-state index in [2.05, 4.69) is 4.72 Å². The van der Waals surface area contributed by atoms with Crippen molar-refractivity contribution in [2.75, 3.05) is 6.54 Å². The first kappa shape index (κ1) is 17.5. The highest BCUT2D eigenvalue weighted by Crippen LogP contribution is 2.25. The number of nitrogens with one attached hydrogen (secondary N) is 1. The van der Waals surface area contributed by atoms with Crippen LogP contribution in [0.3, 0.4) is 0 Å². The summed E-state index contributed by atoms with van der Waals surface area (Å²) in [4.78, 5) is 10.2. The highest BCUT2D eigenvalue weighted by atomic mass is 32.2. The summed E-state index contributed by atoms with van der Waals surface area (Å²) in [6.07, 6.45) is 0.601. The van der Waals surface area contributed by atoms with E-state index in [1.807, 2.05) is 13.8 Å². The fraction of sp³-hybridized carbons (Fsp3) is 0.538. The maximum atomic E-state index is 12.4. The largest absolute Gasteiger partial charge is 0.329 e. The molecule has 0 radical (unpaired) electrons. The van der Waals surface area contributed by atoms with Crippen molar-refractivity contribution in [1.82, 2.24) is 4.72 Å². The van der Waals surface area contributed by atoms with Gasteiger partial charge in [-0.1, -0.05) is 19.9 Å². The van der Waals surface area contributed by atoms with Gasteiger partial charge in [-0.05, 0) is 25.3 Å². The van der Waals surface area contributed by atoms with Gasteiger partial charge in [0.15, 0.2) is 0 Å². The van der Waals surface area contributed by atoms with Crippen molar-refractivity contribution in [2.45, 2.75) is 38.1 Å². The number of nitrogens with two attached hydrogens (primary N) is 1. The number of nitro groups is 1. The third-order valence-corrected chi connectivity index (χ3v) is 4.77. The van der Waals surface area contributed by atoms with Crippen molar-refractivity contribution < 1.29 is 13.3 Å². The van der Waals surface area contributed by atoms with E-state index in [9.17, 15) is 18.5 Å². The molecular weight excluding hydrogens is 294 g/mol. The average molecular weight is 315 g/mol. The van der Waals surface area contributed by atoms with Crippen LogP contribution in [0.4, 0.5) is 5.69 Å². The van der Waals surface area contributed by atoms with Crippen molar-refractivity contribution in [3.63, 3.8) is 0 Å². The normalized spacial score (nSPS) is 13.4. The highest BCUT2D eigenvalue weighted by Gasteiger charge is 2.25. The first-order chi connectivity index (χ1) is 9.69. The lowest BCUT2D eigenvalue weighted by atomic mass is 10.1. The molecule has 0 heterocycles. The Bertz CT molecular complexity index is 614. The molecule has 1 aromatic rings. The van der Waals surface area contributed by atoms with Crippen LogP contribution in [0, 0.1) is 23.0 Å². The molecule has 0 saturated heterocycles. The van der Waals surface area contributed by atoms with E-state index in [-0.39, 0.29) is 28.6 Å². The molecule has 0 amide bonds. The lowest BCUT2D eigenvalue weighted by Gasteiger charge is -2.19. The summed E-state index contributed by atoms with van der Waals surface area (Å²) in [5.74, 6) is 0.285. The quantitative estimate of drug-likeness (QED) is 0.585. The average Bonchev–Trinajstić information content (AvgIpc) is 2.36. The molecular formula is C13H21N3O4S. The smallest absolute Gasteiger partial charge is 0.273 e. The minimum atomic E-state index is -3.84. The van der Waals surface area contributed by atoms with Gasteiger partial charge in [0.05, 0.1) is 9.82 Å². The molecule has 1 aromatic carbocycles. The Morgan fingerprint density at radius 1 is 1.38 bits per heavy atom. The summed E-state index contributed by atoms with van der Waals surface area (Å²) < 4.78 is 27.3.